The van der Waals surface area contributed by atoms with Gasteiger partial charge in [-0.15, -0.1) is 0 Å². The highest BCUT2D eigenvalue weighted by Gasteiger charge is 2.17. The molecule has 0 spiro atoms. The maximum Gasteiger partial charge on any atom is 0.0737 e. The second-order valence-electron chi connectivity index (χ2n) is 11.6. The number of aromatic nitrogens is 4. The third kappa shape index (κ3) is 4.56. The molecule has 9 rings (SSSR count). The number of nitrogens with zero attached hydrogens (tertiary/aromatic N) is 2. The fourth-order valence-electron chi connectivity index (χ4n) is 6.60. The van der Waals surface area contributed by atoms with Gasteiger partial charge in [-0.25, -0.2) is 9.97 Å². The standard InChI is InChI=1S/C42H28N4/c1-3-10-28(11-4-1)40-34-19-17-32(43-34)26-33-18-20-35(44-33)41(29-12-5-2-6-13-29)37-22-24-39(46-37)42(38-23-21-36(40)45-38)31-16-15-27-9-7-8-14-30(27)25-31/h1-26,43,46H. The van der Waals surface area contributed by atoms with Crippen molar-refractivity contribution in [2.75, 3.05) is 0 Å². The predicted octanol–water partition coefficient (Wildman–Crippen LogP) is 10.8. The minimum Gasteiger partial charge on any atom is -0.355 e. The number of nitrogens with one attached hydrogen (secondary N) is 2. The molecule has 7 aromatic rings. The highest BCUT2D eigenvalue weighted by atomic mass is 14.8. The molecule has 3 aromatic heterocycles. The number of H-pyrrole nitrogens is 2. The van der Waals surface area contributed by atoms with Crippen molar-refractivity contribution in [3.8, 4) is 33.4 Å². The van der Waals surface area contributed by atoms with Crippen LogP contribution in [0.15, 0.2) is 133 Å². The number of fused-ring (bicyclic) bond motifs is 9. The van der Waals surface area contributed by atoms with Crippen molar-refractivity contribution in [1.29, 1.82) is 0 Å². The van der Waals surface area contributed by atoms with Gasteiger partial charge in [-0.1, -0.05) is 97.1 Å². The quantitative estimate of drug-likeness (QED) is 0.216. The Morgan fingerprint density at radius 2 is 0.913 bits per heavy atom. The number of hydrogen-bond donors (Lipinski definition) is 2. The van der Waals surface area contributed by atoms with E-state index >= 15 is 0 Å². The number of rotatable bonds is 3. The molecule has 4 nitrogen and oxygen atoms in total. The van der Waals surface area contributed by atoms with E-state index in [-0.39, 0.29) is 0 Å². The van der Waals surface area contributed by atoms with Crippen molar-refractivity contribution >= 4 is 57.1 Å². The molecule has 0 amide bonds. The summed E-state index contributed by atoms with van der Waals surface area (Å²) in [5.41, 5.74) is 14.1. The van der Waals surface area contributed by atoms with Gasteiger partial charge < -0.3 is 9.97 Å². The van der Waals surface area contributed by atoms with Crippen LogP contribution in [-0.2, 0) is 0 Å². The van der Waals surface area contributed by atoms with E-state index in [4.69, 9.17) is 9.97 Å². The van der Waals surface area contributed by atoms with Crippen LogP contribution in [0, 0.1) is 0 Å². The van der Waals surface area contributed by atoms with Gasteiger partial charge in [0, 0.05) is 38.8 Å². The monoisotopic (exact) mass is 588 g/mol. The Morgan fingerprint density at radius 1 is 0.370 bits per heavy atom. The van der Waals surface area contributed by atoms with E-state index in [2.05, 4.69) is 156 Å². The van der Waals surface area contributed by atoms with E-state index in [0.717, 1.165) is 78.2 Å². The molecule has 0 unspecified atom stereocenters. The van der Waals surface area contributed by atoms with Gasteiger partial charge in [0.25, 0.3) is 0 Å². The minimum atomic E-state index is 0.897. The third-order valence-electron chi connectivity index (χ3n) is 8.74. The van der Waals surface area contributed by atoms with Crippen LogP contribution in [0.4, 0.5) is 0 Å². The fraction of sp³-hybridized carbons (Fsp3) is 0. The maximum absolute atomic E-state index is 5.35. The van der Waals surface area contributed by atoms with Gasteiger partial charge in [0.15, 0.2) is 0 Å². The molecule has 5 heterocycles. The smallest absolute Gasteiger partial charge is 0.0737 e. The van der Waals surface area contributed by atoms with Crippen LogP contribution in [-0.4, -0.2) is 19.9 Å². The Bertz CT molecular complexity index is 2480. The Morgan fingerprint density at radius 3 is 1.61 bits per heavy atom. The lowest BCUT2D eigenvalue weighted by Crippen LogP contribution is -1.88. The lowest BCUT2D eigenvalue weighted by Gasteiger charge is -2.07. The second kappa shape index (κ2) is 10.7. The normalized spacial score (nSPS) is 12.2. The average Bonchev–Trinajstić information content (AvgIpc) is 3.93. The first-order chi connectivity index (χ1) is 22.8. The molecule has 2 aliphatic heterocycles. The Labute approximate surface area is 266 Å². The highest BCUT2D eigenvalue weighted by Crippen LogP contribution is 2.37. The zero-order valence-electron chi connectivity index (χ0n) is 24.9. The number of aromatic amines is 2. The lowest BCUT2D eigenvalue weighted by atomic mass is 10.00. The first-order valence-electron chi connectivity index (χ1n) is 15.5. The molecule has 0 fully saturated rings. The van der Waals surface area contributed by atoms with Crippen molar-refractivity contribution in [2.24, 2.45) is 0 Å². The van der Waals surface area contributed by atoms with Crippen molar-refractivity contribution in [3.63, 3.8) is 0 Å². The summed E-state index contributed by atoms with van der Waals surface area (Å²) in [6.07, 6.45) is 8.47. The molecule has 0 radical (unpaired) electrons. The first-order valence-corrected chi connectivity index (χ1v) is 15.5. The molecule has 0 atom stereocenters. The minimum absolute atomic E-state index is 0.897. The van der Waals surface area contributed by atoms with Crippen LogP contribution in [0.25, 0.3) is 90.5 Å². The molecule has 2 aliphatic rings. The fourth-order valence-corrected chi connectivity index (χ4v) is 6.60. The molecular weight excluding hydrogens is 560 g/mol. The lowest BCUT2D eigenvalue weighted by molar-refractivity contribution is 1.31. The van der Waals surface area contributed by atoms with Crippen LogP contribution in [0.5, 0.6) is 0 Å². The Balaban J connectivity index is 1.44. The topological polar surface area (TPSA) is 57.4 Å². The molecule has 216 valence electrons. The van der Waals surface area contributed by atoms with Gasteiger partial charge in [0.1, 0.15) is 0 Å². The van der Waals surface area contributed by atoms with Crippen LogP contribution in [0.3, 0.4) is 0 Å². The van der Waals surface area contributed by atoms with Crippen LogP contribution in [0.2, 0.25) is 0 Å². The summed E-state index contributed by atoms with van der Waals surface area (Å²) < 4.78 is 0. The van der Waals surface area contributed by atoms with Gasteiger partial charge in [0.2, 0.25) is 0 Å². The van der Waals surface area contributed by atoms with E-state index in [0.29, 0.717) is 0 Å². The average molecular weight is 589 g/mol. The molecule has 0 saturated heterocycles. The van der Waals surface area contributed by atoms with Crippen molar-refractivity contribution < 1.29 is 0 Å². The second-order valence-corrected chi connectivity index (χ2v) is 11.6. The zero-order valence-corrected chi connectivity index (χ0v) is 24.9. The summed E-state index contributed by atoms with van der Waals surface area (Å²) in [6.45, 7) is 0. The van der Waals surface area contributed by atoms with Crippen molar-refractivity contribution in [3.05, 3.63) is 156 Å². The molecule has 4 heteroatoms. The molecular formula is C42H28N4. The summed E-state index contributed by atoms with van der Waals surface area (Å²) in [7, 11) is 0. The van der Waals surface area contributed by atoms with E-state index in [9.17, 15) is 0 Å². The summed E-state index contributed by atoms with van der Waals surface area (Å²) in [5.74, 6) is 0. The SMILES string of the molecule is C1=Cc2nc1cc1ccc([nH]1)c(-c1ccccc1)c1nc(c(-c3ccc4ccccc4c3)c3ccc([nH]3)c2-c2ccccc2)C=C1. The summed E-state index contributed by atoms with van der Waals surface area (Å²) in [6, 6.07) is 46.8. The Kier molecular flexibility index (Phi) is 6.10. The van der Waals surface area contributed by atoms with Gasteiger partial charge in [-0.2, -0.15) is 0 Å². The van der Waals surface area contributed by atoms with E-state index in [1.807, 2.05) is 12.1 Å². The van der Waals surface area contributed by atoms with Crippen LogP contribution < -0.4 is 0 Å². The summed E-state index contributed by atoms with van der Waals surface area (Å²) in [4.78, 5) is 17.9. The van der Waals surface area contributed by atoms with E-state index in [1.54, 1.807) is 0 Å². The van der Waals surface area contributed by atoms with E-state index < -0.39 is 0 Å². The van der Waals surface area contributed by atoms with Crippen LogP contribution >= 0.6 is 0 Å². The summed E-state index contributed by atoms with van der Waals surface area (Å²) in [5, 5.41) is 2.40. The molecule has 0 saturated carbocycles. The van der Waals surface area contributed by atoms with Gasteiger partial charge in [0.05, 0.1) is 22.8 Å². The maximum atomic E-state index is 5.35. The summed E-state index contributed by atoms with van der Waals surface area (Å²) >= 11 is 0. The Hall–Kier alpha value is -6.26. The highest BCUT2D eigenvalue weighted by molar-refractivity contribution is 5.99. The van der Waals surface area contributed by atoms with Crippen LogP contribution in [0.1, 0.15) is 22.8 Å². The first kappa shape index (κ1) is 26.2. The molecule has 0 aliphatic carbocycles. The molecule has 4 aromatic carbocycles. The van der Waals surface area contributed by atoms with E-state index in [1.165, 1.54) is 10.8 Å². The molecule has 2 N–H and O–H groups in total. The van der Waals surface area contributed by atoms with Gasteiger partial charge >= 0.3 is 0 Å². The van der Waals surface area contributed by atoms with Crippen molar-refractivity contribution in [1.82, 2.24) is 19.9 Å². The molecule has 46 heavy (non-hydrogen) atoms. The van der Waals surface area contributed by atoms with Gasteiger partial charge in [-0.05, 0) is 88.2 Å². The van der Waals surface area contributed by atoms with Crippen molar-refractivity contribution in [2.45, 2.75) is 0 Å². The number of hydrogen-bond acceptors (Lipinski definition) is 2. The zero-order chi connectivity index (χ0) is 30.5. The van der Waals surface area contributed by atoms with Gasteiger partial charge in [-0.3, -0.25) is 0 Å². The largest absolute Gasteiger partial charge is 0.355 e. The predicted molar refractivity (Wildman–Crippen MR) is 193 cm³/mol. The number of benzene rings is 4. The third-order valence-corrected chi connectivity index (χ3v) is 8.74. The molecule has 8 bridgehead atoms.